The van der Waals surface area contributed by atoms with Crippen LogP contribution in [0.15, 0.2) is 6.07 Å². The Labute approximate surface area is 113 Å². The van der Waals surface area contributed by atoms with Gasteiger partial charge in [-0.3, -0.25) is 0 Å². The number of piperidine rings is 1. The van der Waals surface area contributed by atoms with E-state index in [2.05, 4.69) is 0 Å². The van der Waals surface area contributed by atoms with E-state index < -0.39 is 41.5 Å². The van der Waals surface area contributed by atoms with Crippen LogP contribution in [0.1, 0.15) is 24.8 Å². The van der Waals surface area contributed by atoms with E-state index in [4.69, 9.17) is 9.84 Å². The maximum atomic E-state index is 13.4. The van der Waals surface area contributed by atoms with Crippen molar-refractivity contribution >= 4 is 6.09 Å². The normalized spacial score (nSPS) is 15.3. The topological polar surface area (TPSA) is 49.8 Å². The molecular weight excluding hydrogens is 275 g/mol. The van der Waals surface area contributed by atoms with Crippen molar-refractivity contribution in [2.45, 2.75) is 25.9 Å². The summed E-state index contributed by atoms with van der Waals surface area (Å²) < 4.78 is 44.5. The zero-order valence-corrected chi connectivity index (χ0v) is 10.7. The van der Waals surface area contributed by atoms with Crippen molar-refractivity contribution in [2.24, 2.45) is 0 Å². The van der Waals surface area contributed by atoms with Gasteiger partial charge in [-0.2, -0.15) is 0 Å². The second-order valence-corrected chi connectivity index (χ2v) is 4.54. The van der Waals surface area contributed by atoms with Crippen LogP contribution < -0.4 is 4.74 Å². The number of carbonyl (C=O) groups excluding carboxylic acids is 1. The molecule has 0 unspecified atom stereocenters. The number of hydrogen-bond acceptors (Lipinski definition) is 3. The molecule has 110 valence electrons. The van der Waals surface area contributed by atoms with Gasteiger partial charge in [0.2, 0.25) is 0 Å². The summed E-state index contributed by atoms with van der Waals surface area (Å²) in [6, 6.07) is 0.561. The fourth-order valence-corrected chi connectivity index (χ4v) is 2.08. The number of amides is 1. The van der Waals surface area contributed by atoms with Crippen molar-refractivity contribution in [1.29, 1.82) is 0 Å². The van der Waals surface area contributed by atoms with Gasteiger partial charge in [0.1, 0.15) is 5.75 Å². The molecule has 7 heteroatoms. The van der Waals surface area contributed by atoms with Crippen LogP contribution in [0.3, 0.4) is 0 Å². The lowest BCUT2D eigenvalue weighted by Gasteiger charge is -2.26. The number of likely N-dealkylation sites (tertiary alicyclic amines) is 1. The van der Waals surface area contributed by atoms with Crippen molar-refractivity contribution in [1.82, 2.24) is 4.90 Å². The number of benzene rings is 1. The highest BCUT2D eigenvalue weighted by atomic mass is 19.2. The maximum absolute atomic E-state index is 13.4. The number of aliphatic hydroxyl groups is 1. The zero-order chi connectivity index (χ0) is 14.7. The van der Waals surface area contributed by atoms with Crippen LogP contribution in [0, 0.1) is 17.5 Å². The molecule has 4 nitrogen and oxygen atoms in total. The molecule has 0 radical (unpaired) electrons. The average molecular weight is 289 g/mol. The van der Waals surface area contributed by atoms with Crippen molar-refractivity contribution in [3.8, 4) is 5.75 Å². The summed E-state index contributed by atoms with van der Waals surface area (Å²) >= 11 is 0. The lowest BCUT2D eigenvalue weighted by molar-refractivity contribution is 0.140. The second kappa shape index (κ2) is 6.13. The second-order valence-electron chi connectivity index (χ2n) is 4.54. The molecule has 1 saturated heterocycles. The predicted octanol–water partition coefficient (Wildman–Crippen LogP) is 2.58. The molecule has 1 N–H and O–H groups in total. The average Bonchev–Trinajstić information content (AvgIpc) is 2.46. The van der Waals surface area contributed by atoms with Crippen LogP contribution in [0.4, 0.5) is 18.0 Å². The molecule has 1 heterocycles. The fraction of sp³-hybridized carbons (Fsp3) is 0.462. The minimum Gasteiger partial charge on any atom is -0.410 e. The number of aliphatic hydroxyl groups excluding tert-OH is 1. The lowest BCUT2D eigenvalue weighted by atomic mass is 10.1. The van der Waals surface area contributed by atoms with Gasteiger partial charge in [-0.1, -0.05) is 0 Å². The minimum absolute atomic E-state index is 0.499. The number of nitrogens with zero attached hydrogens (tertiary/aromatic N) is 1. The fourth-order valence-electron chi connectivity index (χ4n) is 2.08. The monoisotopic (exact) mass is 289 g/mol. The molecule has 0 spiro atoms. The molecule has 1 aliphatic rings. The molecule has 0 aliphatic carbocycles. The van der Waals surface area contributed by atoms with Gasteiger partial charge in [-0.05, 0) is 19.3 Å². The highest BCUT2D eigenvalue weighted by Crippen LogP contribution is 2.27. The smallest absolute Gasteiger partial charge is 0.410 e. The minimum atomic E-state index is -1.70. The number of halogens is 3. The third-order valence-corrected chi connectivity index (χ3v) is 3.19. The summed E-state index contributed by atoms with van der Waals surface area (Å²) in [5.74, 6) is -5.22. The van der Waals surface area contributed by atoms with Crippen LogP contribution in [-0.4, -0.2) is 29.2 Å². The Kier molecular flexibility index (Phi) is 4.49. The first-order chi connectivity index (χ1) is 9.54. The summed E-state index contributed by atoms with van der Waals surface area (Å²) in [6.07, 6.45) is 1.90. The van der Waals surface area contributed by atoms with Gasteiger partial charge in [-0.25, -0.2) is 18.0 Å². The molecule has 0 aromatic heterocycles. The Balaban J connectivity index is 2.22. The molecule has 1 amide bonds. The van der Waals surface area contributed by atoms with E-state index in [1.807, 2.05) is 0 Å². The van der Waals surface area contributed by atoms with E-state index in [1.54, 1.807) is 0 Å². The number of rotatable bonds is 2. The summed E-state index contributed by atoms with van der Waals surface area (Å²) in [6.45, 7) is 0.102. The molecular formula is C13H14F3NO3. The Morgan fingerprint density at radius 3 is 2.45 bits per heavy atom. The van der Waals surface area contributed by atoms with Gasteiger partial charge in [0, 0.05) is 19.2 Å². The molecule has 2 rings (SSSR count). The quantitative estimate of drug-likeness (QED) is 0.851. The first-order valence-electron chi connectivity index (χ1n) is 6.28. The largest absolute Gasteiger partial charge is 0.415 e. The molecule has 1 aromatic rings. The standard InChI is InChI=1S/C13H14F3NO3/c14-9-6-10(8(7-18)11(15)12(9)16)20-13(19)17-4-2-1-3-5-17/h6,18H,1-5,7H2. The zero-order valence-electron chi connectivity index (χ0n) is 10.7. The lowest BCUT2D eigenvalue weighted by Crippen LogP contribution is -2.37. The van der Waals surface area contributed by atoms with Gasteiger partial charge in [-0.15, -0.1) is 0 Å². The van der Waals surface area contributed by atoms with Crippen LogP contribution in [0.25, 0.3) is 0 Å². The first kappa shape index (κ1) is 14.6. The molecule has 1 aromatic carbocycles. The number of carbonyl (C=O) groups is 1. The Morgan fingerprint density at radius 1 is 1.20 bits per heavy atom. The van der Waals surface area contributed by atoms with Gasteiger partial charge in [0.15, 0.2) is 17.5 Å². The van der Waals surface area contributed by atoms with Crippen molar-refractivity contribution in [3.63, 3.8) is 0 Å². The van der Waals surface area contributed by atoms with E-state index in [-0.39, 0.29) is 0 Å². The van der Waals surface area contributed by atoms with E-state index in [9.17, 15) is 18.0 Å². The summed E-state index contributed by atoms with van der Waals surface area (Å²) in [5.41, 5.74) is -0.575. The van der Waals surface area contributed by atoms with Gasteiger partial charge in [0.05, 0.1) is 12.2 Å². The van der Waals surface area contributed by atoms with Crippen LogP contribution in [0.5, 0.6) is 5.75 Å². The SMILES string of the molecule is O=C(Oc1cc(F)c(F)c(F)c1CO)N1CCCCC1. The summed E-state index contributed by atoms with van der Waals surface area (Å²) in [5, 5.41) is 9.00. The predicted molar refractivity (Wildman–Crippen MR) is 63.7 cm³/mol. The van der Waals surface area contributed by atoms with Crippen molar-refractivity contribution in [2.75, 3.05) is 13.1 Å². The third-order valence-electron chi connectivity index (χ3n) is 3.19. The first-order valence-corrected chi connectivity index (χ1v) is 6.28. The van der Waals surface area contributed by atoms with Gasteiger partial charge in [0.25, 0.3) is 0 Å². The molecule has 0 bridgehead atoms. The molecule has 1 fully saturated rings. The Hall–Kier alpha value is -1.76. The third kappa shape index (κ3) is 2.87. The van der Waals surface area contributed by atoms with Crippen molar-refractivity contribution in [3.05, 3.63) is 29.1 Å². The van der Waals surface area contributed by atoms with Gasteiger partial charge >= 0.3 is 6.09 Å². The van der Waals surface area contributed by atoms with Crippen LogP contribution in [0.2, 0.25) is 0 Å². The maximum Gasteiger partial charge on any atom is 0.415 e. The molecule has 0 saturated carbocycles. The molecule has 20 heavy (non-hydrogen) atoms. The van der Waals surface area contributed by atoms with E-state index in [1.165, 1.54) is 4.90 Å². The Morgan fingerprint density at radius 2 is 1.85 bits per heavy atom. The van der Waals surface area contributed by atoms with Crippen LogP contribution >= 0.6 is 0 Å². The van der Waals surface area contributed by atoms with E-state index in [0.29, 0.717) is 19.2 Å². The highest BCUT2D eigenvalue weighted by Gasteiger charge is 2.24. The summed E-state index contributed by atoms with van der Waals surface area (Å²) in [7, 11) is 0. The van der Waals surface area contributed by atoms with E-state index >= 15 is 0 Å². The molecule has 1 aliphatic heterocycles. The Bertz CT molecular complexity index is 516. The molecule has 0 atom stereocenters. The highest BCUT2D eigenvalue weighted by molar-refractivity contribution is 5.71. The van der Waals surface area contributed by atoms with Crippen LogP contribution in [-0.2, 0) is 6.61 Å². The summed E-state index contributed by atoms with van der Waals surface area (Å²) in [4.78, 5) is 13.2. The van der Waals surface area contributed by atoms with E-state index in [0.717, 1.165) is 19.3 Å². The van der Waals surface area contributed by atoms with Gasteiger partial charge < -0.3 is 14.7 Å². The number of ether oxygens (including phenoxy) is 1. The number of hydrogen-bond donors (Lipinski definition) is 1. The van der Waals surface area contributed by atoms with Crippen molar-refractivity contribution < 1.29 is 27.8 Å².